The summed E-state index contributed by atoms with van der Waals surface area (Å²) in [5, 5.41) is 3.37. The van der Waals surface area contributed by atoms with Crippen molar-refractivity contribution in [2.24, 2.45) is 11.8 Å². The lowest BCUT2D eigenvalue weighted by Gasteiger charge is -2.35. The maximum absolute atomic E-state index is 12.9. The number of thiazole rings is 1. The number of rotatable bonds is 8. The minimum absolute atomic E-state index is 0.0122. The van der Waals surface area contributed by atoms with E-state index in [2.05, 4.69) is 24.1 Å². The van der Waals surface area contributed by atoms with Crippen LogP contribution in [0.1, 0.15) is 55.8 Å². The first-order valence-corrected chi connectivity index (χ1v) is 14.9. The fraction of sp³-hybridized carbons (Fsp3) is 0.600. The van der Waals surface area contributed by atoms with Gasteiger partial charge in [0.25, 0.3) is 0 Å². The first-order chi connectivity index (χ1) is 17.4. The normalized spacial score (nSPS) is 22.8. The highest BCUT2D eigenvalue weighted by atomic mass is 32.2. The lowest BCUT2D eigenvalue weighted by molar-refractivity contribution is -0.236. The van der Waals surface area contributed by atoms with E-state index in [9.17, 15) is 26.4 Å². The van der Waals surface area contributed by atoms with E-state index in [1.165, 1.54) is 23.5 Å². The number of nitrogens with zero attached hydrogens (tertiary/aromatic N) is 2. The Kier molecular flexibility index (Phi) is 8.32. The summed E-state index contributed by atoms with van der Waals surface area (Å²) in [5.74, 6) is 0.0440. The molecule has 1 N–H and O–H groups in total. The third-order valence-electron chi connectivity index (χ3n) is 6.88. The first-order valence-electron chi connectivity index (χ1n) is 12.4. The fourth-order valence-corrected chi connectivity index (χ4v) is 6.93. The zero-order valence-corrected chi connectivity index (χ0v) is 22.7. The number of amides is 1. The molecule has 0 radical (unpaired) electrons. The van der Waals surface area contributed by atoms with Gasteiger partial charge in [-0.1, -0.05) is 32.9 Å². The van der Waals surface area contributed by atoms with Gasteiger partial charge in [0.2, 0.25) is 5.91 Å². The molecule has 2 aliphatic heterocycles. The number of fused-ring (bicyclic) bond motifs is 1. The van der Waals surface area contributed by atoms with Gasteiger partial charge in [-0.25, -0.2) is 13.4 Å². The summed E-state index contributed by atoms with van der Waals surface area (Å²) in [7, 11) is -3.29. The minimum atomic E-state index is -4.31. The van der Waals surface area contributed by atoms with Crippen molar-refractivity contribution in [2.45, 2.75) is 69.8 Å². The Labute approximate surface area is 219 Å². The number of aromatic nitrogens is 1. The third-order valence-corrected chi connectivity index (χ3v) is 9.60. The van der Waals surface area contributed by atoms with Crippen LogP contribution in [0, 0.1) is 11.8 Å². The number of hydrogen-bond donors (Lipinski definition) is 1. The molecule has 3 atom stereocenters. The highest BCUT2D eigenvalue weighted by Crippen LogP contribution is 2.43. The van der Waals surface area contributed by atoms with Crippen molar-refractivity contribution in [1.29, 1.82) is 0 Å². The zero-order valence-electron chi connectivity index (χ0n) is 21.0. The Morgan fingerprint density at radius 1 is 1.24 bits per heavy atom. The van der Waals surface area contributed by atoms with Crippen LogP contribution in [0.2, 0.25) is 0 Å². The molecule has 0 aliphatic carbocycles. The largest absolute Gasteiger partial charge is 0.414 e. The molecule has 1 aromatic carbocycles. The first kappa shape index (κ1) is 28.0. The second kappa shape index (κ2) is 11.0. The van der Waals surface area contributed by atoms with Gasteiger partial charge in [-0.05, 0) is 42.4 Å². The van der Waals surface area contributed by atoms with Crippen LogP contribution in [0.25, 0.3) is 0 Å². The maximum atomic E-state index is 12.9. The molecular formula is C25H32F3N3O4S2. The van der Waals surface area contributed by atoms with Crippen LogP contribution in [0.4, 0.5) is 18.3 Å². The maximum Gasteiger partial charge on any atom is 0.414 e. The van der Waals surface area contributed by atoms with Gasteiger partial charge < -0.3 is 10.1 Å². The third kappa shape index (κ3) is 6.52. The van der Waals surface area contributed by atoms with E-state index in [0.29, 0.717) is 30.2 Å². The van der Waals surface area contributed by atoms with Gasteiger partial charge in [0.1, 0.15) is 0 Å². The number of anilines is 1. The van der Waals surface area contributed by atoms with Gasteiger partial charge >= 0.3 is 6.18 Å². The second-order valence-electron chi connectivity index (χ2n) is 10.0. The number of ether oxygens (including phenoxy) is 1. The van der Waals surface area contributed by atoms with Gasteiger partial charge in [0, 0.05) is 18.0 Å². The predicted molar refractivity (Wildman–Crippen MR) is 135 cm³/mol. The van der Waals surface area contributed by atoms with Crippen molar-refractivity contribution >= 4 is 32.2 Å². The van der Waals surface area contributed by atoms with Crippen molar-refractivity contribution in [2.75, 3.05) is 24.2 Å². The van der Waals surface area contributed by atoms with Crippen molar-refractivity contribution in [3.63, 3.8) is 0 Å². The summed E-state index contributed by atoms with van der Waals surface area (Å²) in [6.07, 6.45) is -5.43. The van der Waals surface area contributed by atoms with Crippen LogP contribution in [-0.2, 0) is 32.3 Å². The number of hydrogen-bond acceptors (Lipinski definition) is 7. The van der Waals surface area contributed by atoms with E-state index in [4.69, 9.17) is 9.72 Å². The van der Waals surface area contributed by atoms with E-state index in [-0.39, 0.29) is 53.9 Å². The van der Waals surface area contributed by atoms with Crippen LogP contribution in [0.5, 0.6) is 0 Å². The molecule has 1 amide bonds. The zero-order chi connectivity index (χ0) is 27.0. The highest BCUT2D eigenvalue weighted by molar-refractivity contribution is 7.91. The second-order valence-corrected chi connectivity index (χ2v) is 13.4. The number of benzene rings is 1. The van der Waals surface area contributed by atoms with Crippen LogP contribution in [0.3, 0.4) is 0 Å². The molecule has 0 spiro atoms. The fourth-order valence-electron chi connectivity index (χ4n) is 5.00. The number of carbonyl (C=O) groups is 1. The van der Waals surface area contributed by atoms with Crippen molar-refractivity contribution in [1.82, 2.24) is 9.88 Å². The van der Waals surface area contributed by atoms with Gasteiger partial charge in [-0.15, -0.1) is 11.3 Å². The number of carbonyl (C=O) groups excluding carboxylic acids is 1. The van der Waals surface area contributed by atoms with Crippen molar-refractivity contribution < 1.29 is 31.1 Å². The van der Waals surface area contributed by atoms with Crippen LogP contribution < -0.4 is 5.32 Å². The molecular weight excluding hydrogens is 527 g/mol. The molecule has 2 aliphatic rings. The molecule has 4 rings (SSSR count). The molecule has 3 heterocycles. The monoisotopic (exact) mass is 559 g/mol. The Morgan fingerprint density at radius 3 is 2.51 bits per heavy atom. The summed E-state index contributed by atoms with van der Waals surface area (Å²) in [6.45, 7) is 7.13. The summed E-state index contributed by atoms with van der Waals surface area (Å²) in [5.41, 5.74) is 1.61. The predicted octanol–water partition coefficient (Wildman–Crippen LogP) is 4.99. The van der Waals surface area contributed by atoms with E-state index in [0.717, 1.165) is 10.6 Å². The van der Waals surface area contributed by atoms with Crippen LogP contribution >= 0.6 is 11.3 Å². The highest BCUT2D eigenvalue weighted by Gasteiger charge is 2.44. The van der Waals surface area contributed by atoms with Crippen molar-refractivity contribution in [3.8, 4) is 0 Å². The SMILES string of the molecule is CCS(=O)(=O)c1ccc(CC(=O)Nc2nc3c(s2)CN(C[C@@H]2CC[C@H](C(F)(F)F)OC2)[C@H]3C(C)C)cc1. The molecule has 2 aromatic rings. The van der Waals surface area contributed by atoms with E-state index >= 15 is 0 Å². The summed E-state index contributed by atoms with van der Waals surface area (Å²) >= 11 is 1.42. The minimum Gasteiger partial charge on any atom is -0.368 e. The Hall–Kier alpha value is -2.02. The lowest BCUT2D eigenvalue weighted by atomic mass is 9.95. The summed E-state index contributed by atoms with van der Waals surface area (Å²) < 4.78 is 67.8. The summed E-state index contributed by atoms with van der Waals surface area (Å²) in [6, 6.07) is 6.33. The van der Waals surface area contributed by atoms with Gasteiger partial charge in [0.15, 0.2) is 21.1 Å². The standard InChI is InChI=1S/C25H32F3N3O4S2/c1-4-37(33,34)18-8-5-16(6-9-18)11-21(32)29-24-30-22-19(36-24)13-31(23(22)15(2)3)12-17-7-10-20(35-14-17)25(26,27)28/h5-6,8-9,15,17,20,23H,4,7,10-14H2,1-3H3,(H,29,30,32)/t17-,20+,23-/m0/s1. The topological polar surface area (TPSA) is 88.6 Å². The summed E-state index contributed by atoms with van der Waals surface area (Å²) in [4.78, 5) is 20.9. The van der Waals surface area contributed by atoms with Gasteiger partial charge in [-0.2, -0.15) is 13.2 Å². The molecule has 7 nitrogen and oxygen atoms in total. The molecule has 1 saturated heterocycles. The number of sulfone groups is 1. The molecule has 12 heteroatoms. The molecule has 37 heavy (non-hydrogen) atoms. The Bertz CT molecular complexity index is 1200. The number of nitrogens with one attached hydrogen (secondary N) is 1. The quantitative estimate of drug-likeness (QED) is 0.491. The molecule has 204 valence electrons. The average molecular weight is 560 g/mol. The average Bonchev–Trinajstić information content (AvgIpc) is 3.35. The Balaban J connectivity index is 1.35. The van der Waals surface area contributed by atoms with Crippen molar-refractivity contribution in [3.05, 3.63) is 40.4 Å². The number of alkyl halides is 3. The van der Waals surface area contributed by atoms with Gasteiger partial charge in [0.05, 0.1) is 35.4 Å². The molecule has 1 aromatic heterocycles. The van der Waals surface area contributed by atoms with E-state index in [1.54, 1.807) is 19.1 Å². The lowest BCUT2D eigenvalue weighted by Crippen LogP contribution is -2.41. The molecule has 0 bridgehead atoms. The molecule has 1 fully saturated rings. The molecule has 0 unspecified atom stereocenters. The van der Waals surface area contributed by atoms with Crippen LogP contribution in [-0.4, -0.2) is 55.4 Å². The van der Waals surface area contributed by atoms with E-state index in [1.807, 2.05) is 0 Å². The number of halogens is 3. The Morgan fingerprint density at radius 2 is 1.95 bits per heavy atom. The smallest absolute Gasteiger partial charge is 0.368 e. The molecule has 0 saturated carbocycles. The van der Waals surface area contributed by atoms with Crippen LogP contribution in [0.15, 0.2) is 29.2 Å². The van der Waals surface area contributed by atoms with E-state index < -0.39 is 22.1 Å². The van der Waals surface area contributed by atoms with Gasteiger partial charge in [-0.3, -0.25) is 9.69 Å².